The molecule has 0 aliphatic heterocycles. The molecule has 0 saturated carbocycles. The number of hydrogen-bond donors (Lipinski definition) is 2. The molecular formula is C24H13N3Na4O13S3. The quantitative estimate of drug-likeness (QED) is 0.0382. The van der Waals surface area contributed by atoms with E-state index in [0.29, 0.717) is 6.07 Å². The van der Waals surface area contributed by atoms with Gasteiger partial charge in [-0.2, -0.15) is 4.33 Å². The van der Waals surface area contributed by atoms with E-state index >= 15 is 0 Å². The van der Waals surface area contributed by atoms with Crippen molar-refractivity contribution in [3.05, 3.63) is 77.9 Å². The number of nitrogens with zero attached hydrogens (tertiary/aromatic N) is 2. The Balaban J connectivity index is 0.00000529. The first-order valence-corrected chi connectivity index (χ1v) is 14.8. The number of hydrogen-bond acceptors (Lipinski definition) is 16. The molecule has 23 heteroatoms. The Morgan fingerprint density at radius 3 is 2.06 bits per heavy atom. The van der Waals surface area contributed by atoms with E-state index < -0.39 is 59.0 Å². The second-order valence-electron chi connectivity index (χ2n) is 8.26. The molecule has 0 unspecified atom stereocenters. The van der Waals surface area contributed by atoms with Gasteiger partial charge < -0.3 is 34.7 Å². The van der Waals surface area contributed by atoms with Gasteiger partial charge in [-0.25, -0.2) is 16.8 Å². The second-order valence-corrected chi connectivity index (χ2v) is 11.8. The van der Waals surface area contributed by atoms with E-state index in [4.69, 9.17) is 0 Å². The molecule has 224 valence electrons. The van der Waals surface area contributed by atoms with Gasteiger partial charge in [0.1, 0.15) is 25.9 Å². The number of fused-ring (bicyclic) bond motifs is 1. The summed E-state index contributed by atoms with van der Waals surface area (Å²) in [6.07, 6.45) is 0. The van der Waals surface area contributed by atoms with Crippen LogP contribution in [0.2, 0.25) is 0 Å². The predicted molar refractivity (Wildman–Crippen MR) is 139 cm³/mol. The van der Waals surface area contributed by atoms with Crippen LogP contribution in [0.4, 0.5) is 17.1 Å². The summed E-state index contributed by atoms with van der Waals surface area (Å²) in [6.45, 7) is 0. The number of carbonyl (C=O) groups excluding carboxylic acids is 2. The summed E-state index contributed by atoms with van der Waals surface area (Å²) in [4.78, 5) is 22.6. The van der Waals surface area contributed by atoms with E-state index in [9.17, 15) is 51.0 Å². The number of carboxylic acid groups (broad SMARTS) is 1. The fraction of sp³-hybridized carbons (Fsp3) is 0. The summed E-state index contributed by atoms with van der Waals surface area (Å²) in [5, 5.41) is 45.8. The maximum Gasteiger partial charge on any atom is 1.00 e. The number of aromatic hydroxyl groups is 1. The zero-order valence-corrected chi connectivity index (χ0v) is 35.3. The number of nitrogens with one attached hydrogen (secondary N) is 1. The SMILES string of the molecule is O=C(Nc1cc(S(=O)(=O)[O-])cc2cc(SOO[O-])c(N=Nc3ccccc3C(=O)[O-])c(O)c12)c1cccc(S(=O)(=O)[O-])c1.[Na+].[Na+].[Na+].[Na+]. The third kappa shape index (κ3) is 11.8. The van der Waals surface area contributed by atoms with Gasteiger partial charge in [-0.3, -0.25) is 9.83 Å². The number of aromatic carboxylic acids is 1. The van der Waals surface area contributed by atoms with Crippen LogP contribution in [0.5, 0.6) is 5.75 Å². The first-order chi connectivity index (χ1) is 20.2. The topological polar surface area (TPSA) is 270 Å². The van der Waals surface area contributed by atoms with Crippen LogP contribution >= 0.6 is 12.0 Å². The van der Waals surface area contributed by atoms with E-state index in [1.165, 1.54) is 24.3 Å². The summed E-state index contributed by atoms with van der Waals surface area (Å²) in [7, 11) is -10.1. The monoisotopic (exact) mass is 739 g/mol. The number of azo groups is 1. The first-order valence-electron chi connectivity index (χ1n) is 11.2. The minimum atomic E-state index is -5.18. The van der Waals surface area contributed by atoms with Crippen molar-refractivity contribution in [1.82, 2.24) is 0 Å². The van der Waals surface area contributed by atoms with Crippen molar-refractivity contribution in [2.45, 2.75) is 14.7 Å². The van der Waals surface area contributed by atoms with Crippen molar-refractivity contribution in [1.29, 1.82) is 0 Å². The number of amides is 1. The van der Waals surface area contributed by atoms with Gasteiger partial charge in [0.2, 0.25) is 0 Å². The molecule has 0 aliphatic rings. The molecule has 0 aliphatic carbocycles. The molecule has 4 aromatic carbocycles. The predicted octanol–water partition coefficient (Wildman–Crippen LogP) is -10.4. The van der Waals surface area contributed by atoms with Crippen LogP contribution in [0.3, 0.4) is 0 Å². The fourth-order valence-corrected chi connectivity index (χ4v) is 5.28. The minimum Gasteiger partial charge on any atom is -0.744 e. The van der Waals surface area contributed by atoms with Gasteiger partial charge in [-0.15, -0.1) is 10.2 Å². The number of phenolic OH excluding ortho intramolecular Hbond substituents is 1. The number of rotatable bonds is 10. The fourth-order valence-electron chi connectivity index (χ4n) is 3.74. The van der Waals surface area contributed by atoms with Crippen molar-refractivity contribution < 1.29 is 179 Å². The third-order valence-electron chi connectivity index (χ3n) is 5.58. The van der Waals surface area contributed by atoms with Crippen molar-refractivity contribution in [3.8, 4) is 5.75 Å². The van der Waals surface area contributed by atoms with Gasteiger partial charge >= 0.3 is 118 Å². The molecule has 16 nitrogen and oxygen atoms in total. The molecule has 0 spiro atoms. The van der Waals surface area contributed by atoms with Crippen LogP contribution < -0.4 is 134 Å². The molecule has 4 rings (SSSR count). The van der Waals surface area contributed by atoms with Crippen molar-refractivity contribution in [2.75, 3.05) is 5.32 Å². The molecule has 1 amide bonds. The number of phenols is 1. The molecule has 0 radical (unpaired) electrons. The standard InChI is InChI=1S/C24H17N3O13S3.4Na/c28-22-20-13(10-19(41-40-39-32)21(22)27-26-17-7-2-1-6-16(17)24(30)31)9-15(43(36,37)38)11-18(20)25-23(29)12-4-3-5-14(8-12)42(33,34)35;;;;/h1-11,28,32H,(H,25,29)(H,30,31)(H,33,34,35)(H,36,37,38);;;;/q;4*+1/p-4. The van der Waals surface area contributed by atoms with Gasteiger partial charge in [0.25, 0.3) is 5.91 Å². The number of anilines is 1. The molecule has 0 fully saturated rings. The molecule has 0 heterocycles. The van der Waals surface area contributed by atoms with E-state index in [0.717, 1.165) is 36.4 Å². The molecule has 0 bridgehead atoms. The maximum absolute atomic E-state index is 13.0. The Hall–Kier alpha value is -0.470. The van der Waals surface area contributed by atoms with Crippen LogP contribution in [0.1, 0.15) is 20.7 Å². The zero-order valence-electron chi connectivity index (χ0n) is 24.8. The van der Waals surface area contributed by atoms with Crippen molar-refractivity contribution in [3.63, 3.8) is 0 Å². The Bertz CT molecular complexity index is 2030. The van der Waals surface area contributed by atoms with Crippen LogP contribution in [0, 0.1) is 0 Å². The second kappa shape index (κ2) is 19.8. The van der Waals surface area contributed by atoms with Gasteiger partial charge in [0.15, 0.2) is 5.75 Å². The summed E-state index contributed by atoms with van der Waals surface area (Å²) in [5.41, 5.74) is -1.94. The Morgan fingerprint density at radius 1 is 0.830 bits per heavy atom. The minimum absolute atomic E-state index is 0. The van der Waals surface area contributed by atoms with E-state index in [1.807, 2.05) is 0 Å². The number of benzene rings is 4. The zero-order chi connectivity index (χ0) is 31.5. The van der Waals surface area contributed by atoms with Gasteiger partial charge in [0, 0.05) is 16.5 Å². The van der Waals surface area contributed by atoms with Crippen LogP contribution in [0.25, 0.3) is 10.8 Å². The summed E-state index contributed by atoms with van der Waals surface area (Å²) >= 11 is 0.177. The van der Waals surface area contributed by atoms with E-state index in [-0.39, 0.29) is 163 Å². The first kappa shape index (κ1) is 46.5. The van der Waals surface area contributed by atoms with Gasteiger partial charge in [-0.1, -0.05) is 24.3 Å². The average Bonchev–Trinajstić information content (AvgIpc) is 2.94. The van der Waals surface area contributed by atoms with Crippen LogP contribution in [-0.4, -0.2) is 42.9 Å². The maximum atomic E-state index is 13.0. The summed E-state index contributed by atoms with van der Waals surface area (Å²) in [6, 6.07) is 11.7. The molecule has 4 aromatic rings. The third-order valence-corrected chi connectivity index (χ3v) is 7.84. The van der Waals surface area contributed by atoms with Crippen LogP contribution in [0.15, 0.2) is 91.6 Å². The molecular weight excluding hydrogens is 726 g/mol. The van der Waals surface area contributed by atoms with Gasteiger partial charge in [-0.05, 0) is 47.9 Å². The molecule has 47 heavy (non-hydrogen) atoms. The Morgan fingerprint density at radius 2 is 1.47 bits per heavy atom. The van der Waals surface area contributed by atoms with Crippen molar-refractivity contribution in [2.24, 2.45) is 10.2 Å². The Labute approximate surface area is 359 Å². The summed E-state index contributed by atoms with van der Waals surface area (Å²) < 4.78 is 74.1. The molecule has 0 atom stereocenters. The summed E-state index contributed by atoms with van der Waals surface area (Å²) in [5.74, 6) is -3.51. The average molecular weight is 740 g/mol. The largest absolute Gasteiger partial charge is 1.00 e. The van der Waals surface area contributed by atoms with Crippen molar-refractivity contribution >= 4 is 72.0 Å². The Kier molecular flexibility index (Phi) is 19.6. The molecule has 0 aromatic heterocycles. The molecule has 2 N–H and O–H groups in total. The van der Waals surface area contributed by atoms with Crippen LogP contribution in [-0.2, 0) is 29.6 Å². The van der Waals surface area contributed by atoms with E-state index in [1.54, 1.807) is 0 Å². The van der Waals surface area contributed by atoms with Gasteiger partial charge in [0.05, 0.1) is 44.1 Å². The molecule has 0 saturated heterocycles. The smallest absolute Gasteiger partial charge is 0.744 e. The normalized spacial score (nSPS) is 11.0. The van der Waals surface area contributed by atoms with E-state index in [2.05, 4.69) is 24.9 Å². The number of carboxylic acids is 1. The number of carbonyl (C=O) groups is 2.